The zero-order valence-corrected chi connectivity index (χ0v) is 10.6. The van der Waals surface area contributed by atoms with Crippen molar-refractivity contribution in [2.75, 3.05) is 44.9 Å². The van der Waals surface area contributed by atoms with E-state index in [1.165, 1.54) is 0 Å². The second kappa shape index (κ2) is 4.63. The van der Waals surface area contributed by atoms with Crippen LogP contribution in [0.25, 0.3) is 10.9 Å². The smallest absolute Gasteiger partial charge is 0.0672 e. The van der Waals surface area contributed by atoms with Crippen LogP contribution in [0.15, 0.2) is 18.3 Å². The number of nitrogens with two attached hydrogens (primary N) is 1. The summed E-state index contributed by atoms with van der Waals surface area (Å²) in [7, 11) is 6.18. The fourth-order valence-electron chi connectivity index (χ4n) is 1.80. The maximum atomic E-state index is 6.06. The molecule has 0 unspecified atom stereocenters. The summed E-state index contributed by atoms with van der Waals surface area (Å²) in [5.74, 6) is 0. The van der Waals surface area contributed by atoms with Gasteiger partial charge in [-0.1, -0.05) is 0 Å². The van der Waals surface area contributed by atoms with Gasteiger partial charge in [0.05, 0.1) is 23.1 Å². The highest BCUT2D eigenvalue weighted by atomic mass is 15.2. The Morgan fingerprint density at radius 3 is 2.71 bits per heavy atom. The average Bonchev–Trinajstić information content (AvgIpc) is 2.71. The first-order chi connectivity index (χ1) is 8.08. The molecule has 0 radical (unpaired) electrons. The summed E-state index contributed by atoms with van der Waals surface area (Å²) in [5, 5.41) is 8.02. The highest BCUT2D eigenvalue weighted by Crippen LogP contribution is 2.27. The van der Waals surface area contributed by atoms with E-state index in [1.807, 2.05) is 12.1 Å². The number of aromatic amines is 1. The van der Waals surface area contributed by atoms with E-state index in [4.69, 9.17) is 5.73 Å². The van der Waals surface area contributed by atoms with Crippen molar-refractivity contribution in [3.63, 3.8) is 0 Å². The van der Waals surface area contributed by atoms with Crippen LogP contribution in [-0.4, -0.2) is 49.3 Å². The van der Waals surface area contributed by atoms with Gasteiger partial charge in [0.15, 0.2) is 0 Å². The number of aromatic nitrogens is 2. The summed E-state index contributed by atoms with van der Waals surface area (Å²) < 4.78 is 0. The average molecular weight is 233 g/mol. The van der Waals surface area contributed by atoms with Crippen LogP contribution < -0.4 is 10.6 Å². The van der Waals surface area contributed by atoms with Gasteiger partial charge in [0.1, 0.15) is 0 Å². The summed E-state index contributed by atoms with van der Waals surface area (Å²) >= 11 is 0. The third-order valence-electron chi connectivity index (χ3n) is 2.88. The molecule has 0 aliphatic rings. The van der Waals surface area contributed by atoms with Gasteiger partial charge in [-0.25, -0.2) is 0 Å². The zero-order valence-electron chi connectivity index (χ0n) is 10.6. The fraction of sp³-hybridized carbons (Fsp3) is 0.417. The highest BCUT2D eigenvalue weighted by Gasteiger charge is 2.08. The highest BCUT2D eigenvalue weighted by molar-refractivity contribution is 5.88. The van der Waals surface area contributed by atoms with Crippen molar-refractivity contribution < 1.29 is 0 Å². The van der Waals surface area contributed by atoms with E-state index < -0.39 is 0 Å². The van der Waals surface area contributed by atoms with Crippen LogP contribution >= 0.6 is 0 Å². The van der Waals surface area contributed by atoms with Crippen molar-refractivity contribution in [3.8, 4) is 0 Å². The molecule has 0 bridgehead atoms. The predicted molar refractivity (Wildman–Crippen MR) is 72.3 cm³/mol. The number of nitrogens with one attached hydrogen (secondary N) is 1. The predicted octanol–water partition coefficient (Wildman–Crippen LogP) is 1.14. The molecule has 17 heavy (non-hydrogen) atoms. The molecule has 2 aromatic rings. The van der Waals surface area contributed by atoms with Crippen LogP contribution in [0.1, 0.15) is 0 Å². The number of anilines is 2. The Bertz CT molecular complexity index is 503. The molecule has 2 rings (SSSR count). The maximum Gasteiger partial charge on any atom is 0.0672 e. The third kappa shape index (κ3) is 2.50. The lowest BCUT2D eigenvalue weighted by molar-refractivity contribution is 0.416. The molecule has 1 heterocycles. The Kier molecular flexibility index (Phi) is 3.19. The summed E-state index contributed by atoms with van der Waals surface area (Å²) in [5.41, 5.74) is 8.91. The van der Waals surface area contributed by atoms with Crippen molar-refractivity contribution in [2.24, 2.45) is 0 Å². The van der Waals surface area contributed by atoms with E-state index in [-0.39, 0.29) is 0 Å². The standard InChI is InChI=1S/C12H19N5/c1-16(2)4-5-17(3)12-7-11-9(6-10(12)13)8-14-15-11/h6-8H,4-5,13H2,1-3H3,(H,14,15). The topological polar surface area (TPSA) is 61.2 Å². The number of hydrogen-bond donors (Lipinski definition) is 2. The molecule has 0 aliphatic heterocycles. The molecule has 0 saturated carbocycles. The Hall–Kier alpha value is -1.75. The second-order valence-corrected chi connectivity index (χ2v) is 4.59. The van der Waals surface area contributed by atoms with E-state index in [2.05, 4.69) is 41.1 Å². The van der Waals surface area contributed by atoms with Gasteiger partial charge in [-0.2, -0.15) is 5.10 Å². The summed E-state index contributed by atoms with van der Waals surface area (Å²) in [6, 6.07) is 4.01. The van der Waals surface area contributed by atoms with Crippen LogP contribution in [0.4, 0.5) is 11.4 Å². The minimum atomic E-state index is 0.792. The van der Waals surface area contributed by atoms with Crippen LogP contribution in [-0.2, 0) is 0 Å². The number of nitrogens with zero attached hydrogens (tertiary/aromatic N) is 3. The molecule has 5 heteroatoms. The lowest BCUT2D eigenvalue weighted by Gasteiger charge is -2.23. The largest absolute Gasteiger partial charge is 0.397 e. The Morgan fingerprint density at radius 2 is 2.00 bits per heavy atom. The molecule has 3 N–H and O–H groups in total. The van der Waals surface area contributed by atoms with E-state index in [0.717, 1.165) is 35.4 Å². The first kappa shape index (κ1) is 11.7. The quantitative estimate of drug-likeness (QED) is 0.777. The van der Waals surface area contributed by atoms with E-state index in [0.29, 0.717) is 0 Å². The molecule has 5 nitrogen and oxygen atoms in total. The number of hydrogen-bond acceptors (Lipinski definition) is 4. The molecular weight excluding hydrogens is 214 g/mol. The monoisotopic (exact) mass is 233 g/mol. The van der Waals surface area contributed by atoms with Gasteiger partial charge in [0, 0.05) is 25.5 Å². The zero-order chi connectivity index (χ0) is 12.4. The number of rotatable bonds is 4. The lowest BCUT2D eigenvalue weighted by Crippen LogP contribution is -2.28. The van der Waals surface area contributed by atoms with Gasteiger partial charge in [-0.05, 0) is 26.2 Å². The normalized spacial score (nSPS) is 11.3. The molecular formula is C12H19N5. The van der Waals surface area contributed by atoms with Crippen molar-refractivity contribution >= 4 is 22.3 Å². The Balaban J connectivity index is 2.24. The first-order valence-electron chi connectivity index (χ1n) is 5.66. The molecule has 0 amide bonds. The van der Waals surface area contributed by atoms with Gasteiger partial charge in [0.2, 0.25) is 0 Å². The molecule has 0 aliphatic carbocycles. The van der Waals surface area contributed by atoms with E-state index in [9.17, 15) is 0 Å². The van der Waals surface area contributed by atoms with Gasteiger partial charge >= 0.3 is 0 Å². The van der Waals surface area contributed by atoms with E-state index >= 15 is 0 Å². The van der Waals surface area contributed by atoms with E-state index in [1.54, 1.807) is 6.20 Å². The summed E-state index contributed by atoms with van der Waals surface area (Å²) in [6.45, 7) is 1.94. The Morgan fingerprint density at radius 1 is 1.24 bits per heavy atom. The van der Waals surface area contributed by atoms with Crippen molar-refractivity contribution in [1.82, 2.24) is 15.1 Å². The van der Waals surface area contributed by atoms with Gasteiger partial charge < -0.3 is 15.5 Å². The number of H-pyrrole nitrogens is 1. The van der Waals surface area contributed by atoms with Crippen molar-refractivity contribution in [2.45, 2.75) is 0 Å². The first-order valence-corrected chi connectivity index (χ1v) is 5.66. The molecule has 0 saturated heterocycles. The number of likely N-dealkylation sites (N-methyl/N-ethyl adjacent to an activating group) is 2. The fourth-order valence-corrected chi connectivity index (χ4v) is 1.80. The van der Waals surface area contributed by atoms with Crippen LogP contribution in [0.5, 0.6) is 0 Å². The van der Waals surface area contributed by atoms with Gasteiger partial charge in [0.25, 0.3) is 0 Å². The molecule has 0 fully saturated rings. The number of benzene rings is 1. The minimum Gasteiger partial charge on any atom is -0.397 e. The van der Waals surface area contributed by atoms with Crippen molar-refractivity contribution in [3.05, 3.63) is 18.3 Å². The SMILES string of the molecule is CN(C)CCN(C)c1cc2[nH]ncc2cc1N. The minimum absolute atomic E-state index is 0.792. The van der Waals surface area contributed by atoms with Crippen LogP contribution in [0.2, 0.25) is 0 Å². The maximum absolute atomic E-state index is 6.06. The number of nitrogen functional groups attached to an aromatic ring is 1. The summed E-state index contributed by atoms with van der Waals surface area (Å²) in [4.78, 5) is 4.32. The Labute approximate surface area is 101 Å². The van der Waals surface area contributed by atoms with Gasteiger partial charge in [-0.3, -0.25) is 5.10 Å². The molecule has 0 spiro atoms. The van der Waals surface area contributed by atoms with Gasteiger partial charge in [-0.15, -0.1) is 0 Å². The molecule has 92 valence electrons. The third-order valence-corrected chi connectivity index (χ3v) is 2.88. The lowest BCUT2D eigenvalue weighted by atomic mass is 10.2. The van der Waals surface area contributed by atoms with Crippen LogP contribution in [0, 0.1) is 0 Å². The summed E-state index contributed by atoms with van der Waals surface area (Å²) in [6.07, 6.45) is 1.79. The molecule has 0 atom stereocenters. The number of fused-ring (bicyclic) bond motifs is 1. The molecule has 1 aromatic heterocycles. The van der Waals surface area contributed by atoms with Crippen LogP contribution in [0.3, 0.4) is 0 Å². The second-order valence-electron chi connectivity index (χ2n) is 4.59. The molecule has 1 aromatic carbocycles. The van der Waals surface area contributed by atoms with Crippen molar-refractivity contribution in [1.29, 1.82) is 0 Å².